The van der Waals surface area contributed by atoms with E-state index in [1.165, 1.54) is 24.4 Å². The lowest BCUT2D eigenvalue weighted by Crippen LogP contribution is -2.14. The predicted octanol–water partition coefficient (Wildman–Crippen LogP) is 3.07. The first-order valence-electron chi connectivity index (χ1n) is 6.07. The van der Waals surface area contributed by atoms with E-state index in [0.717, 1.165) is 5.69 Å². The van der Waals surface area contributed by atoms with Crippen molar-refractivity contribution >= 4 is 17.3 Å². The van der Waals surface area contributed by atoms with E-state index in [-0.39, 0.29) is 5.69 Å². The molecular weight excluding hydrogens is 257 g/mol. The van der Waals surface area contributed by atoms with Crippen molar-refractivity contribution < 1.29 is 9.18 Å². The molecule has 4 nitrogen and oxygen atoms in total. The van der Waals surface area contributed by atoms with Crippen LogP contribution in [0.25, 0.3) is 0 Å². The Hall–Kier alpha value is -2.69. The number of nitrogens with zero attached hydrogens (tertiary/aromatic N) is 1. The number of halogens is 1. The van der Waals surface area contributed by atoms with Crippen LogP contribution in [0, 0.1) is 5.82 Å². The molecule has 1 aromatic carbocycles. The van der Waals surface area contributed by atoms with Crippen molar-refractivity contribution in [2.24, 2.45) is 0 Å². The number of rotatable bonds is 5. The highest BCUT2D eigenvalue weighted by atomic mass is 19.1. The molecule has 0 fully saturated rings. The summed E-state index contributed by atoms with van der Waals surface area (Å²) in [7, 11) is 0. The summed E-state index contributed by atoms with van der Waals surface area (Å²) in [6.45, 7) is 4.20. The molecule has 2 aromatic rings. The third-order valence-corrected chi connectivity index (χ3v) is 2.53. The number of anilines is 2. The number of amides is 1. The standard InChI is InChI=1S/C15H14FN3O/c1-2-7-17-12-6-8-18-14(10-12)15(20)19-13-5-3-4-11(16)9-13/h2-6,8-10H,1,7H2,(H,17,18)(H,19,20). The van der Waals surface area contributed by atoms with Crippen molar-refractivity contribution in [3.05, 3.63) is 66.8 Å². The van der Waals surface area contributed by atoms with E-state index in [9.17, 15) is 9.18 Å². The van der Waals surface area contributed by atoms with Gasteiger partial charge in [-0.15, -0.1) is 6.58 Å². The van der Waals surface area contributed by atoms with Crippen LogP contribution in [0.4, 0.5) is 15.8 Å². The molecular formula is C15H14FN3O. The Bertz CT molecular complexity index is 628. The maximum Gasteiger partial charge on any atom is 0.274 e. The molecule has 0 radical (unpaired) electrons. The molecule has 0 saturated heterocycles. The molecule has 20 heavy (non-hydrogen) atoms. The molecule has 0 unspecified atom stereocenters. The van der Waals surface area contributed by atoms with Crippen LogP contribution < -0.4 is 10.6 Å². The van der Waals surface area contributed by atoms with Crippen LogP contribution in [-0.2, 0) is 0 Å². The average Bonchev–Trinajstić information content (AvgIpc) is 2.45. The molecule has 1 aromatic heterocycles. The van der Waals surface area contributed by atoms with Gasteiger partial charge in [-0.05, 0) is 30.3 Å². The van der Waals surface area contributed by atoms with Gasteiger partial charge in [0, 0.05) is 24.1 Å². The average molecular weight is 271 g/mol. The van der Waals surface area contributed by atoms with Crippen LogP contribution in [-0.4, -0.2) is 17.4 Å². The second-order valence-electron chi connectivity index (χ2n) is 4.06. The molecule has 1 heterocycles. The fraction of sp³-hybridized carbons (Fsp3) is 0.0667. The Kier molecular flexibility index (Phi) is 4.44. The number of hydrogen-bond acceptors (Lipinski definition) is 3. The molecule has 0 saturated carbocycles. The number of pyridine rings is 1. The minimum absolute atomic E-state index is 0.253. The van der Waals surface area contributed by atoms with Crippen molar-refractivity contribution in [1.82, 2.24) is 4.98 Å². The minimum atomic E-state index is -0.405. The van der Waals surface area contributed by atoms with Gasteiger partial charge < -0.3 is 10.6 Å². The van der Waals surface area contributed by atoms with E-state index in [4.69, 9.17) is 0 Å². The van der Waals surface area contributed by atoms with Crippen molar-refractivity contribution in [2.45, 2.75) is 0 Å². The van der Waals surface area contributed by atoms with Crippen molar-refractivity contribution in [3.63, 3.8) is 0 Å². The van der Waals surface area contributed by atoms with Gasteiger partial charge in [-0.2, -0.15) is 0 Å². The third-order valence-electron chi connectivity index (χ3n) is 2.53. The zero-order valence-corrected chi connectivity index (χ0v) is 10.8. The van der Waals surface area contributed by atoms with Gasteiger partial charge in [0.1, 0.15) is 11.5 Å². The van der Waals surface area contributed by atoms with Gasteiger partial charge in [0.05, 0.1) is 0 Å². The molecule has 0 aliphatic heterocycles. The highest BCUT2D eigenvalue weighted by molar-refractivity contribution is 6.03. The number of carbonyl (C=O) groups excluding carboxylic acids is 1. The van der Waals surface area contributed by atoms with Gasteiger partial charge in [0.25, 0.3) is 5.91 Å². The zero-order chi connectivity index (χ0) is 14.4. The summed E-state index contributed by atoms with van der Waals surface area (Å²) in [5.74, 6) is -0.796. The van der Waals surface area contributed by atoms with Crippen LogP contribution in [0.5, 0.6) is 0 Å². The summed E-state index contributed by atoms with van der Waals surface area (Å²) in [6, 6.07) is 9.08. The monoisotopic (exact) mass is 271 g/mol. The Morgan fingerprint density at radius 1 is 1.30 bits per heavy atom. The summed E-state index contributed by atoms with van der Waals surface area (Å²) in [4.78, 5) is 16.0. The smallest absolute Gasteiger partial charge is 0.274 e. The van der Waals surface area contributed by atoms with Crippen LogP contribution in [0.15, 0.2) is 55.3 Å². The van der Waals surface area contributed by atoms with Gasteiger partial charge in [-0.1, -0.05) is 12.1 Å². The van der Waals surface area contributed by atoms with E-state index < -0.39 is 11.7 Å². The van der Waals surface area contributed by atoms with Gasteiger partial charge in [-0.3, -0.25) is 9.78 Å². The zero-order valence-electron chi connectivity index (χ0n) is 10.8. The van der Waals surface area contributed by atoms with Crippen molar-refractivity contribution in [1.29, 1.82) is 0 Å². The molecule has 0 aliphatic carbocycles. The molecule has 2 N–H and O–H groups in total. The highest BCUT2D eigenvalue weighted by Gasteiger charge is 2.08. The van der Waals surface area contributed by atoms with Crippen LogP contribution in [0.3, 0.4) is 0 Å². The second-order valence-corrected chi connectivity index (χ2v) is 4.06. The number of hydrogen-bond donors (Lipinski definition) is 2. The first kappa shape index (κ1) is 13.7. The molecule has 0 aliphatic rings. The summed E-state index contributed by atoms with van der Waals surface area (Å²) in [5, 5.41) is 5.66. The normalized spacial score (nSPS) is 9.85. The van der Waals surface area contributed by atoms with E-state index in [1.807, 2.05) is 0 Å². The van der Waals surface area contributed by atoms with E-state index in [2.05, 4.69) is 22.2 Å². The van der Waals surface area contributed by atoms with E-state index >= 15 is 0 Å². The Morgan fingerprint density at radius 3 is 2.90 bits per heavy atom. The largest absolute Gasteiger partial charge is 0.381 e. The van der Waals surface area contributed by atoms with Crippen molar-refractivity contribution in [3.8, 4) is 0 Å². The highest BCUT2D eigenvalue weighted by Crippen LogP contribution is 2.12. The predicted molar refractivity (Wildman–Crippen MR) is 77.3 cm³/mol. The first-order valence-corrected chi connectivity index (χ1v) is 6.07. The minimum Gasteiger partial charge on any atom is -0.381 e. The summed E-state index contributed by atoms with van der Waals surface area (Å²) >= 11 is 0. The van der Waals surface area contributed by atoms with Gasteiger partial charge in [-0.25, -0.2) is 4.39 Å². The summed E-state index contributed by atoms with van der Waals surface area (Å²) in [6.07, 6.45) is 3.25. The lowest BCUT2D eigenvalue weighted by atomic mass is 10.2. The maximum atomic E-state index is 13.0. The molecule has 0 spiro atoms. The first-order chi connectivity index (χ1) is 9.69. The SMILES string of the molecule is C=CCNc1ccnc(C(=O)Nc2cccc(F)c2)c1. The Morgan fingerprint density at radius 2 is 2.15 bits per heavy atom. The van der Waals surface area contributed by atoms with Crippen molar-refractivity contribution in [2.75, 3.05) is 17.2 Å². The lowest BCUT2D eigenvalue weighted by molar-refractivity contribution is 0.102. The number of carbonyl (C=O) groups is 1. The number of nitrogens with one attached hydrogen (secondary N) is 2. The van der Waals surface area contributed by atoms with E-state index in [1.54, 1.807) is 24.3 Å². The number of aromatic nitrogens is 1. The van der Waals surface area contributed by atoms with E-state index in [0.29, 0.717) is 12.2 Å². The summed E-state index contributed by atoms with van der Waals surface area (Å²) < 4.78 is 13.0. The van der Waals surface area contributed by atoms with Gasteiger partial charge in [0.2, 0.25) is 0 Å². The molecule has 0 atom stereocenters. The fourth-order valence-corrected chi connectivity index (χ4v) is 1.62. The summed E-state index contributed by atoms with van der Waals surface area (Å²) in [5.41, 5.74) is 1.41. The third kappa shape index (κ3) is 3.65. The molecule has 2 rings (SSSR count). The Balaban J connectivity index is 2.10. The van der Waals surface area contributed by atoms with Crippen LogP contribution in [0.2, 0.25) is 0 Å². The second kappa shape index (κ2) is 6.47. The maximum absolute atomic E-state index is 13.0. The lowest BCUT2D eigenvalue weighted by Gasteiger charge is -2.07. The van der Waals surface area contributed by atoms with Gasteiger partial charge >= 0.3 is 0 Å². The molecule has 102 valence electrons. The molecule has 1 amide bonds. The molecule has 0 bridgehead atoms. The fourth-order valence-electron chi connectivity index (χ4n) is 1.62. The Labute approximate surface area is 116 Å². The van der Waals surface area contributed by atoms with Crippen LogP contribution in [0.1, 0.15) is 10.5 Å². The van der Waals surface area contributed by atoms with Crippen LogP contribution >= 0.6 is 0 Å². The quantitative estimate of drug-likeness (QED) is 0.822. The molecule has 5 heteroatoms. The topological polar surface area (TPSA) is 54.0 Å². The number of benzene rings is 1. The van der Waals surface area contributed by atoms with Gasteiger partial charge in [0.15, 0.2) is 0 Å².